The van der Waals surface area contributed by atoms with Gasteiger partial charge in [-0.15, -0.1) is 0 Å². The average molecular weight is 164 g/mol. The number of hydrazine groups is 1. The molecular formula is C7H14F2N2. The van der Waals surface area contributed by atoms with E-state index in [1.807, 2.05) is 13.8 Å². The highest BCUT2D eigenvalue weighted by molar-refractivity contribution is 4.88. The van der Waals surface area contributed by atoms with Crippen molar-refractivity contribution in [2.45, 2.75) is 32.2 Å². The van der Waals surface area contributed by atoms with Crippen molar-refractivity contribution in [1.82, 2.24) is 5.01 Å². The van der Waals surface area contributed by atoms with Crippen LogP contribution >= 0.6 is 0 Å². The summed E-state index contributed by atoms with van der Waals surface area (Å²) < 4.78 is 25.4. The van der Waals surface area contributed by atoms with E-state index in [4.69, 9.17) is 5.84 Å². The molecule has 2 N–H and O–H groups in total. The zero-order valence-corrected chi connectivity index (χ0v) is 6.85. The summed E-state index contributed by atoms with van der Waals surface area (Å²) in [7, 11) is 0. The molecule has 1 aliphatic heterocycles. The minimum atomic E-state index is -2.58. The lowest BCUT2D eigenvalue weighted by molar-refractivity contribution is 0.0118. The molecular weight excluding hydrogens is 150 g/mol. The summed E-state index contributed by atoms with van der Waals surface area (Å²) in [5, 5.41) is 1.25. The number of hydrogen-bond acceptors (Lipinski definition) is 2. The van der Waals surface area contributed by atoms with E-state index in [9.17, 15) is 8.78 Å². The van der Waals surface area contributed by atoms with Crippen molar-refractivity contribution in [1.29, 1.82) is 0 Å². The van der Waals surface area contributed by atoms with Gasteiger partial charge >= 0.3 is 0 Å². The second-order valence-electron chi connectivity index (χ2n) is 3.54. The van der Waals surface area contributed by atoms with Gasteiger partial charge in [-0.2, -0.15) is 0 Å². The van der Waals surface area contributed by atoms with Crippen molar-refractivity contribution < 1.29 is 8.78 Å². The molecule has 0 amide bonds. The fraction of sp³-hybridized carbons (Fsp3) is 1.00. The van der Waals surface area contributed by atoms with Gasteiger partial charge in [-0.05, 0) is 5.92 Å². The van der Waals surface area contributed by atoms with Crippen LogP contribution in [0.25, 0.3) is 0 Å². The van der Waals surface area contributed by atoms with E-state index in [0.717, 1.165) is 0 Å². The Kier molecular flexibility index (Phi) is 2.16. The molecule has 0 spiro atoms. The first-order valence-electron chi connectivity index (χ1n) is 3.81. The molecule has 0 aliphatic carbocycles. The molecule has 0 aromatic rings. The van der Waals surface area contributed by atoms with E-state index < -0.39 is 5.92 Å². The number of nitrogens with two attached hydrogens (primary N) is 1. The van der Waals surface area contributed by atoms with E-state index >= 15 is 0 Å². The Bertz CT molecular complexity index is 147. The fourth-order valence-corrected chi connectivity index (χ4v) is 1.49. The van der Waals surface area contributed by atoms with Crippen molar-refractivity contribution in [2.24, 2.45) is 11.8 Å². The molecule has 1 rings (SSSR count). The second kappa shape index (κ2) is 2.68. The minimum Gasteiger partial charge on any atom is -0.268 e. The predicted molar refractivity (Wildman–Crippen MR) is 39.1 cm³/mol. The van der Waals surface area contributed by atoms with E-state index in [2.05, 4.69) is 0 Å². The van der Waals surface area contributed by atoms with Gasteiger partial charge in [-0.1, -0.05) is 13.8 Å². The summed E-state index contributed by atoms with van der Waals surface area (Å²) in [6.07, 6.45) is -0.0961. The first-order chi connectivity index (χ1) is 4.92. The SMILES string of the molecule is CC(C)C1CC(F)(F)CN1N. The van der Waals surface area contributed by atoms with Gasteiger partial charge in [0.25, 0.3) is 5.92 Å². The number of hydrogen-bond donors (Lipinski definition) is 1. The van der Waals surface area contributed by atoms with Crippen LogP contribution in [0.3, 0.4) is 0 Å². The summed E-state index contributed by atoms with van der Waals surface area (Å²) in [4.78, 5) is 0. The van der Waals surface area contributed by atoms with Gasteiger partial charge < -0.3 is 0 Å². The monoisotopic (exact) mass is 164 g/mol. The summed E-state index contributed by atoms with van der Waals surface area (Å²) in [5.74, 6) is 3.03. The molecule has 2 nitrogen and oxygen atoms in total. The highest BCUT2D eigenvalue weighted by atomic mass is 19.3. The van der Waals surface area contributed by atoms with Crippen LogP contribution in [0.4, 0.5) is 8.78 Å². The molecule has 1 unspecified atom stereocenters. The third-order valence-corrected chi connectivity index (χ3v) is 2.12. The number of rotatable bonds is 1. The molecule has 1 aliphatic rings. The Balaban J connectivity index is 2.59. The normalized spacial score (nSPS) is 31.6. The van der Waals surface area contributed by atoms with Crippen molar-refractivity contribution in [3.05, 3.63) is 0 Å². The average Bonchev–Trinajstić information content (AvgIpc) is 2.05. The Labute approximate surface area is 65.3 Å². The predicted octanol–water partition coefficient (Wildman–Crippen LogP) is 1.23. The highest BCUT2D eigenvalue weighted by Crippen LogP contribution is 2.32. The van der Waals surface area contributed by atoms with Crippen LogP contribution < -0.4 is 5.84 Å². The van der Waals surface area contributed by atoms with Crippen LogP contribution in [0.15, 0.2) is 0 Å². The molecule has 0 aromatic carbocycles. The Morgan fingerprint density at radius 1 is 1.55 bits per heavy atom. The van der Waals surface area contributed by atoms with E-state index in [-0.39, 0.29) is 24.9 Å². The Hall–Kier alpha value is -0.220. The van der Waals surface area contributed by atoms with E-state index in [1.165, 1.54) is 5.01 Å². The zero-order chi connectivity index (χ0) is 8.65. The summed E-state index contributed by atoms with van der Waals surface area (Å²) in [5.41, 5.74) is 0. The van der Waals surface area contributed by atoms with Gasteiger partial charge in [0.05, 0.1) is 6.54 Å². The second-order valence-corrected chi connectivity index (χ2v) is 3.54. The molecule has 66 valence electrons. The molecule has 1 saturated heterocycles. The maximum atomic E-state index is 12.7. The topological polar surface area (TPSA) is 29.3 Å². The van der Waals surface area contributed by atoms with E-state index in [0.29, 0.717) is 0 Å². The van der Waals surface area contributed by atoms with Crippen LogP contribution in [0.1, 0.15) is 20.3 Å². The van der Waals surface area contributed by atoms with E-state index in [1.54, 1.807) is 0 Å². The first kappa shape index (κ1) is 8.87. The lowest BCUT2D eigenvalue weighted by Crippen LogP contribution is -2.39. The van der Waals surface area contributed by atoms with Gasteiger partial charge in [0, 0.05) is 12.5 Å². The van der Waals surface area contributed by atoms with Gasteiger partial charge in [0.15, 0.2) is 0 Å². The quantitative estimate of drug-likeness (QED) is 0.590. The van der Waals surface area contributed by atoms with Crippen LogP contribution in [-0.4, -0.2) is 23.5 Å². The lowest BCUT2D eigenvalue weighted by Gasteiger charge is -2.20. The first-order valence-corrected chi connectivity index (χ1v) is 3.81. The van der Waals surface area contributed by atoms with Crippen molar-refractivity contribution in [3.8, 4) is 0 Å². The molecule has 0 bridgehead atoms. The van der Waals surface area contributed by atoms with Crippen molar-refractivity contribution in [2.75, 3.05) is 6.54 Å². The number of halogens is 2. The largest absolute Gasteiger partial charge is 0.268 e. The fourth-order valence-electron chi connectivity index (χ4n) is 1.49. The maximum Gasteiger partial charge on any atom is 0.263 e. The summed E-state index contributed by atoms with van der Waals surface area (Å²) >= 11 is 0. The number of alkyl halides is 2. The standard InChI is InChI=1S/C7H14F2N2/c1-5(2)6-3-7(8,9)4-11(6)10/h5-6H,3-4,10H2,1-2H3. The van der Waals surface area contributed by atoms with Crippen molar-refractivity contribution in [3.63, 3.8) is 0 Å². The smallest absolute Gasteiger partial charge is 0.263 e. The third kappa shape index (κ3) is 1.87. The maximum absolute atomic E-state index is 12.7. The van der Waals surface area contributed by atoms with Crippen LogP contribution in [0, 0.1) is 5.92 Å². The Morgan fingerprint density at radius 3 is 2.27 bits per heavy atom. The zero-order valence-electron chi connectivity index (χ0n) is 6.85. The van der Waals surface area contributed by atoms with Gasteiger partial charge in [0.2, 0.25) is 0 Å². The minimum absolute atomic E-state index is 0.0961. The molecule has 0 aromatic heterocycles. The molecule has 1 heterocycles. The highest BCUT2D eigenvalue weighted by Gasteiger charge is 2.44. The van der Waals surface area contributed by atoms with Gasteiger partial charge in [-0.3, -0.25) is 5.84 Å². The molecule has 1 atom stereocenters. The van der Waals surface area contributed by atoms with Gasteiger partial charge in [0.1, 0.15) is 0 Å². The molecule has 11 heavy (non-hydrogen) atoms. The van der Waals surface area contributed by atoms with Crippen LogP contribution in [-0.2, 0) is 0 Å². The molecule has 0 radical (unpaired) electrons. The summed E-state index contributed by atoms with van der Waals surface area (Å²) in [6.45, 7) is 3.52. The van der Waals surface area contributed by atoms with Gasteiger partial charge in [-0.25, -0.2) is 13.8 Å². The molecule has 0 saturated carbocycles. The summed E-state index contributed by atoms with van der Waals surface area (Å²) in [6, 6.07) is -0.162. The molecule has 1 fully saturated rings. The molecule has 4 heteroatoms. The lowest BCUT2D eigenvalue weighted by atomic mass is 10.0. The Morgan fingerprint density at radius 2 is 2.09 bits per heavy atom. The van der Waals surface area contributed by atoms with Crippen LogP contribution in [0.2, 0.25) is 0 Å². The van der Waals surface area contributed by atoms with Crippen LogP contribution in [0.5, 0.6) is 0 Å². The number of nitrogens with zero attached hydrogens (tertiary/aromatic N) is 1. The van der Waals surface area contributed by atoms with Crippen molar-refractivity contribution >= 4 is 0 Å². The third-order valence-electron chi connectivity index (χ3n) is 2.12.